The zero-order valence-electron chi connectivity index (χ0n) is 20.3. The highest BCUT2D eigenvalue weighted by Crippen LogP contribution is 2.29. The maximum absolute atomic E-state index is 9.74. The normalized spacial score (nSPS) is 16.8. The number of aliphatic hydroxyl groups excluding tert-OH is 1. The van der Waals surface area contributed by atoms with Crippen molar-refractivity contribution in [1.82, 2.24) is 4.90 Å². The Kier molecular flexibility index (Phi) is 12.9. The fourth-order valence-electron chi connectivity index (χ4n) is 4.12. The van der Waals surface area contributed by atoms with E-state index in [4.69, 9.17) is 4.99 Å². The van der Waals surface area contributed by atoms with E-state index in [1.165, 1.54) is 89.3 Å². The molecule has 0 radical (unpaired) electrons. The molecule has 0 bridgehead atoms. The number of aliphatic hydroxyl groups is 1. The van der Waals surface area contributed by atoms with Crippen molar-refractivity contribution < 1.29 is 5.11 Å². The van der Waals surface area contributed by atoms with Crippen LogP contribution in [-0.2, 0) is 0 Å². The molecule has 170 valence electrons. The summed E-state index contributed by atoms with van der Waals surface area (Å²) >= 11 is 0. The number of aliphatic imine (C=N–C) groups is 1. The second-order valence-electron chi connectivity index (χ2n) is 10.2. The van der Waals surface area contributed by atoms with Crippen molar-refractivity contribution in [3.8, 4) is 0 Å². The van der Waals surface area contributed by atoms with Crippen molar-refractivity contribution in [2.45, 2.75) is 136 Å². The summed E-state index contributed by atoms with van der Waals surface area (Å²) in [7, 11) is 0. The van der Waals surface area contributed by atoms with Crippen LogP contribution in [-0.4, -0.2) is 40.1 Å². The molecule has 0 saturated carbocycles. The van der Waals surface area contributed by atoms with Crippen LogP contribution in [0.5, 0.6) is 0 Å². The van der Waals surface area contributed by atoms with E-state index in [1.54, 1.807) is 0 Å². The van der Waals surface area contributed by atoms with Crippen LogP contribution in [0.1, 0.15) is 125 Å². The van der Waals surface area contributed by atoms with E-state index >= 15 is 0 Å². The van der Waals surface area contributed by atoms with Crippen LogP contribution in [0, 0.1) is 0 Å². The van der Waals surface area contributed by atoms with Crippen LogP contribution in [0.4, 0.5) is 0 Å². The predicted molar refractivity (Wildman–Crippen MR) is 129 cm³/mol. The fourth-order valence-corrected chi connectivity index (χ4v) is 4.12. The van der Waals surface area contributed by atoms with Crippen molar-refractivity contribution in [3.05, 3.63) is 12.2 Å². The summed E-state index contributed by atoms with van der Waals surface area (Å²) < 4.78 is 0. The highest BCUT2D eigenvalue weighted by Gasteiger charge is 2.38. The topological polar surface area (TPSA) is 35.8 Å². The lowest BCUT2D eigenvalue weighted by Gasteiger charge is -2.37. The van der Waals surface area contributed by atoms with Gasteiger partial charge in [-0.2, -0.15) is 0 Å². The lowest BCUT2D eigenvalue weighted by molar-refractivity contribution is 0.109. The van der Waals surface area contributed by atoms with Crippen molar-refractivity contribution in [1.29, 1.82) is 0 Å². The molecule has 0 saturated heterocycles. The molecule has 1 heterocycles. The van der Waals surface area contributed by atoms with Gasteiger partial charge in [-0.3, -0.25) is 4.99 Å². The van der Waals surface area contributed by atoms with E-state index in [2.05, 4.69) is 51.7 Å². The number of allylic oxidation sites excluding steroid dienone is 2. The number of amidine groups is 1. The van der Waals surface area contributed by atoms with E-state index in [1.807, 2.05) is 0 Å². The second kappa shape index (κ2) is 14.2. The minimum atomic E-state index is -0.214. The highest BCUT2D eigenvalue weighted by molar-refractivity contribution is 5.85. The Morgan fingerprint density at radius 3 is 1.97 bits per heavy atom. The van der Waals surface area contributed by atoms with Gasteiger partial charge in [0.25, 0.3) is 0 Å². The van der Waals surface area contributed by atoms with E-state index in [-0.39, 0.29) is 17.7 Å². The van der Waals surface area contributed by atoms with Crippen LogP contribution in [0.3, 0.4) is 0 Å². The average molecular weight is 407 g/mol. The molecule has 1 aliphatic heterocycles. The molecule has 3 nitrogen and oxygen atoms in total. The first-order valence-electron chi connectivity index (χ1n) is 12.4. The Labute approximate surface area is 182 Å². The number of rotatable bonds is 17. The summed E-state index contributed by atoms with van der Waals surface area (Å²) in [6.07, 6.45) is 23.2. The maximum atomic E-state index is 9.74. The Morgan fingerprint density at radius 2 is 1.41 bits per heavy atom. The van der Waals surface area contributed by atoms with Crippen LogP contribution >= 0.6 is 0 Å². The summed E-state index contributed by atoms with van der Waals surface area (Å²) in [4.78, 5) is 7.28. The lowest BCUT2D eigenvalue weighted by Crippen LogP contribution is -2.50. The SMILES string of the molecule is CCCCCCCC/C=C\CCCCCCCC1=NC(C)(C)CN1C(C)(C)CO. The smallest absolute Gasteiger partial charge is 0.100 e. The Morgan fingerprint density at radius 1 is 0.897 bits per heavy atom. The van der Waals surface area contributed by atoms with Crippen LogP contribution in [0.25, 0.3) is 0 Å². The minimum absolute atomic E-state index is 0.0242. The Hall–Kier alpha value is -0.830. The van der Waals surface area contributed by atoms with Crippen molar-refractivity contribution in [3.63, 3.8) is 0 Å². The Balaban J connectivity index is 2.06. The molecular formula is C26H50N2O. The molecule has 0 fully saturated rings. The summed E-state index contributed by atoms with van der Waals surface area (Å²) in [5.41, 5.74) is -0.238. The number of hydrogen-bond donors (Lipinski definition) is 1. The second-order valence-corrected chi connectivity index (χ2v) is 10.2. The lowest BCUT2D eigenvalue weighted by atomic mass is 10.00. The quantitative estimate of drug-likeness (QED) is 0.203. The molecule has 0 spiro atoms. The third-order valence-electron chi connectivity index (χ3n) is 6.07. The largest absolute Gasteiger partial charge is 0.394 e. The van der Waals surface area contributed by atoms with Crippen LogP contribution in [0.2, 0.25) is 0 Å². The minimum Gasteiger partial charge on any atom is -0.394 e. The van der Waals surface area contributed by atoms with Crippen LogP contribution in [0.15, 0.2) is 17.1 Å². The first-order valence-corrected chi connectivity index (χ1v) is 12.4. The van der Waals surface area contributed by atoms with Gasteiger partial charge in [-0.1, -0.05) is 70.4 Å². The van der Waals surface area contributed by atoms with Gasteiger partial charge in [0.1, 0.15) is 5.84 Å². The van der Waals surface area contributed by atoms with Gasteiger partial charge in [-0.05, 0) is 59.8 Å². The van der Waals surface area contributed by atoms with Gasteiger partial charge in [0.15, 0.2) is 0 Å². The molecule has 0 aromatic heterocycles. The van der Waals surface area contributed by atoms with Gasteiger partial charge in [0.05, 0.1) is 17.7 Å². The summed E-state index contributed by atoms with van der Waals surface area (Å²) in [5, 5.41) is 9.74. The van der Waals surface area contributed by atoms with Crippen molar-refractivity contribution in [2.24, 2.45) is 4.99 Å². The number of nitrogens with zero attached hydrogens (tertiary/aromatic N) is 2. The molecule has 29 heavy (non-hydrogen) atoms. The number of unbranched alkanes of at least 4 members (excludes halogenated alkanes) is 11. The van der Waals surface area contributed by atoms with Gasteiger partial charge in [0, 0.05) is 13.0 Å². The molecule has 1 aliphatic rings. The molecule has 0 aromatic carbocycles. The zero-order valence-corrected chi connectivity index (χ0v) is 20.3. The van der Waals surface area contributed by atoms with E-state index in [0.29, 0.717) is 0 Å². The van der Waals surface area contributed by atoms with E-state index < -0.39 is 0 Å². The summed E-state index contributed by atoms with van der Waals surface area (Å²) in [6, 6.07) is 0. The van der Waals surface area contributed by atoms with Gasteiger partial charge in [-0.15, -0.1) is 0 Å². The van der Waals surface area contributed by atoms with Crippen LogP contribution < -0.4 is 0 Å². The molecule has 3 heteroatoms. The standard InChI is InChI=1S/C26H50N2O/c1-6-7-8-9-10-11-12-13-14-15-16-17-18-19-20-21-24-27-25(2,3)22-28(24)26(4,5)23-29/h13-14,29H,6-12,15-23H2,1-5H3/b14-13-. The molecule has 0 aromatic rings. The van der Waals surface area contributed by atoms with Gasteiger partial charge in [-0.25, -0.2) is 0 Å². The molecule has 0 atom stereocenters. The molecule has 1 N–H and O–H groups in total. The zero-order chi connectivity index (χ0) is 21.6. The highest BCUT2D eigenvalue weighted by atomic mass is 16.3. The van der Waals surface area contributed by atoms with Crippen molar-refractivity contribution in [2.75, 3.05) is 13.2 Å². The molecule has 0 amide bonds. The summed E-state index contributed by atoms with van der Waals surface area (Å²) in [6.45, 7) is 12.0. The molecule has 1 rings (SSSR count). The van der Waals surface area contributed by atoms with Gasteiger partial charge < -0.3 is 10.0 Å². The Bertz CT molecular complexity index is 479. The maximum Gasteiger partial charge on any atom is 0.100 e. The van der Waals surface area contributed by atoms with E-state index in [0.717, 1.165) is 13.0 Å². The summed E-state index contributed by atoms with van der Waals surface area (Å²) in [5.74, 6) is 1.20. The van der Waals surface area contributed by atoms with E-state index in [9.17, 15) is 5.11 Å². The molecular weight excluding hydrogens is 356 g/mol. The monoisotopic (exact) mass is 406 g/mol. The van der Waals surface area contributed by atoms with Gasteiger partial charge in [0.2, 0.25) is 0 Å². The first-order chi connectivity index (χ1) is 13.8. The number of hydrogen-bond acceptors (Lipinski definition) is 3. The molecule has 0 aliphatic carbocycles. The third-order valence-corrected chi connectivity index (χ3v) is 6.07. The average Bonchev–Trinajstić information content (AvgIpc) is 3.00. The predicted octanol–water partition coefficient (Wildman–Crippen LogP) is 7.29. The first kappa shape index (κ1) is 26.2. The van der Waals surface area contributed by atoms with Crippen molar-refractivity contribution >= 4 is 5.84 Å². The van der Waals surface area contributed by atoms with Gasteiger partial charge >= 0.3 is 0 Å². The fraction of sp³-hybridized carbons (Fsp3) is 0.885. The third kappa shape index (κ3) is 11.2. The molecule has 0 unspecified atom stereocenters.